The van der Waals surface area contributed by atoms with Crippen LogP contribution in [0.4, 0.5) is 5.69 Å². The van der Waals surface area contributed by atoms with E-state index >= 15 is 0 Å². The molecule has 0 spiro atoms. The van der Waals surface area contributed by atoms with Gasteiger partial charge in [0.25, 0.3) is 5.69 Å². The Morgan fingerprint density at radius 1 is 1.05 bits per heavy atom. The number of hydrogen-bond donors (Lipinski definition) is 0. The Morgan fingerprint density at radius 3 is 2.50 bits per heavy atom. The molecule has 1 aromatic heterocycles. The van der Waals surface area contributed by atoms with Gasteiger partial charge in [0.15, 0.2) is 0 Å². The van der Waals surface area contributed by atoms with Crippen molar-refractivity contribution in [2.45, 2.75) is 33.6 Å². The van der Waals surface area contributed by atoms with Crippen molar-refractivity contribution in [3.05, 3.63) is 80.9 Å². The molecule has 9 nitrogen and oxygen atoms in total. The molecular weight excluding hydrogens is 506 g/mol. The number of benzene rings is 2. The van der Waals surface area contributed by atoms with E-state index in [4.69, 9.17) is 9.47 Å². The summed E-state index contributed by atoms with van der Waals surface area (Å²) in [6.07, 6.45) is 0. The van der Waals surface area contributed by atoms with Crippen LogP contribution in [0.25, 0.3) is 21.8 Å². The van der Waals surface area contributed by atoms with E-state index in [0.29, 0.717) is 38.8 Å². The van der Waals surface area contributed by atoms with Gasteiger partial charge in [-0.3, -0.25) is 19.9 Å². The minimum atomic E-state index is -0.799. The number of nitrogens with zero attached hydrogens (tertiary/aromatic N) is 3. The van der Waals surface area contributed by atoms with Gasteiger partial charge >= 0.3 is 11.9 Å². The zero-order chi connectivity index (χ0) is 27.4. The molecule has 0 N–H and O–H groups in total. The molecule has 2 aromatic carbocycles. The van der Waals surface area contributed by atoms with Gasteiger partial charge in [-0.2, -0.15) is 0 Å². The molecule has 1 aliphatic heterocycles. The Labute approximate surface area is 224 Å². The molecule has 0 aliphatic carbocycles. The molecule has 0 radical (unpaired) electrons. The summed E-state index contributed by atoms with van der Waals surface area (Å²) in [4.78, 5) is 46.4. The Hall–Kier alpha value is -4.18. The predicted molar refractivity (Wildman–Crippen MR) is 145 cm³/mol. The van der Waals surface area contributed by atoms with Crippen LogP contribution in [0, 0.1) is 16.0 Å². The number of ether oxygens (including phenoxy) is 2. The SMILES string of the molecule is CCOC(=O)C1=C(C)N=C(C)C(C(=O)OCC)C1c1cccc(-c2nc(-c3ccccc3[N+](=O)[O-])cs2)c1. The summed E-state index contributed by atoms with van der Waals surface area (Å²) in [5, 5.41) is 13.9. The van der Waals surface area contributed by atoms with E-state index < -0.39 is 28.7 Å². The van der Waals surface area contributed by atoms with Crippen LogP contribution in [0.1, 0.15) is 39.2 Å². The topological polar surface area (TPSA) is 121 Å². The number of esters is 2. The number of allylic oxidation sites excluding steroid dienone is 1. The smallest absolute Gasteiger partial charge is 0.336 e. The quantitative estimate of drug-likeness (QED) is 0.199. The molecule has 0 amide bonds. The van der Waals surface area contributed by atoms with E-state index in [9.17, 15) is 19.7 Å². The maximum atomic E-state index is 13.1. The number of hydrogen-bond acceptors (Lipinski definition) is 9. The van der Waals surface area contributed by atoms with Gasteiger partial charge in [-0.25, -0.2) is 9.78 Å². The van der Waals surface area contributed by atoms with E-state index in [1.54, 1.807) is 51.3 Å². The normalized spacial score (nSPS) is 17.1. The number of nitro groups is 1. The summed E-state index contributed by atoms with van der Waals surface area (Å²) in [7, 11) is 0. The number of para-hydroxylation sites is 1. The van der Waals surface area contributed by atoms with Crippen LogP contribution in [0.2, 0.25) is 0 Å². The highest BCUT2D eigenvalue weighted by molar-refractivity contribution is 7.13. The van der Waals surface area contributed by atoms with Crippen molar-refractivity contribution in [1.82, 2.24) is 4.98 Å². The summed E-state index contributed by atoms with van der Waals surface area (Å²) >= 11 is 1.35. The van der Waals surface area contributed by atoms with E-state index in [1.165, 1.54) is 17.4 Å². The second-order valence-electron chi connectivity index (χ2n) is 8.62. The van der Waals surface area contributed by atoms with Crippen molar-refractivity contribution in [2.75, 3.05) is 13.2 Å². The first kappa shape index (κ1) is 26.9. The van der Waals surface area contributed by atoms with Crippen molar-refractivity contribution in [1.29, 1.82) is 0 Å². The summed E-state index contributed by atoms with van der Waals surface area (Å²) in [6, 6.07) is 13.9. The van der Waals surface area contributed by atoms with E-state index in [-0.39, 0.29) is 18.9 Å². The third-order valence-electron chi connectivity index (χ3n) is 6.24. The van der Waals surface area contributed by atoms with Crippen molar-refractivity contribution in [3.8, 4) is 21.8 Å². The van der Waals surface area contributed by atoms with Gasteiger partial charge in [0.1, 0.15) is 10.9 Å². The van der Waals surface area contributed by atoms with Gasteiger partial charge in [-0.15, -0.1) is 11.3 Å². The molecule has 38 heavy (non-hydrogen) atoms. The molecule has 3 aromatic rings. The lowest BCUT2D eigenvalue weighted by Crippen LogP contribution is -2.36. The lowest BCUT2D eigenvalue weighted by Gasteiger charge is -2.31. The molecule has 2 atom stereocenters. The Balaban J connectivity index is 1.80. The van der Waals surface area contributed by atoms with Crippen molar-refractivity contribution in [2.24, 2.45) is 10.9 Å². The maximum absolute atomic E-state index is 13.1. The molecule has 10 heteroatoms. The molecule has 0 bridgehead atoms. The van der Waals surface area contributed by atoms with Crippen molar-refractivity contribution in [3.63, 3.8) is 0 Å². The van der Waals surface area contributed by atoms with E-state index in [1.807, 2.05) is 24.3 Å². The van der Waals surface area contributed by atoms with E-state index in [2.05, 4.69) is 9.98 Å². The van der Waals surface area contributed by atoms with Gasteiger partial charge in [0.05, 0.1) is 35.0 Å². The Bertz CT molecular complexity index is 1460. The summed E-state index contributed by atoms with van der Waals surface area (Å²) in [6.45, 7) is 7.31. The van der Waals surface area contributed by atoms with Gasteiger partial charge in [-0.1, -0.05) is 30.3 Å². The number of carbonyl (C=O) groups excluding carboxylic acids is 2. The molecule has 2 heterocycles. The van der Waals surface area contributed by atoms with Crippen LogP contribution in [-0.4, -0.2) is 40.8 Å². The summed E-state index contributed by atoms with van der Waals surface area (Å²) in [5.41, 5.74) is 3.72. The monoisotopic (exact) mass is 533 g/mol. The molecule has 196 valence electrons. The summed E-state index contributed by atoms with van der Waals surface area (Å²) < 4.78 is 10.7. The number of aliphatic imine (C=N–C) groups is 1. The zero-order valence-corrected chi connectivity index (χ0v) is 22.3. The molecule has 0 saturated heterocycles. The average molecular weight is 534 g/mol. The molecule has 2 unspecified atom stereocenters. The van der Waals surface area contributed by atoms with Crippen LogP contribution in [-0.2, 0) is 19.1 Å². The highest BCUT2D eigenvalue weighted by Gasteiger charge is 2.42. The lowest BCUT2D eigenvalue weighted by molar-refractivity contribution is -0.384. The standard InChI is InChI=1S/C28H27N3O6S/c1-5-36-27(32)23-16(3)29-17(4)24(28(33)37-6-2)25(23)18-10-9-11-19(14-18)26-30-21(15-38-26)20-12-7-8-13-22(20)31(34)35/h7-15,23,25H,5-6H2,1-4H3. The number of carbonyl (C=O) groups is 2. The maximum Gasteiger partial charge on any atom is 0.336 e. The fraction of sp³-hybridized carbons (Fsp3) is 0.286. The van der Waals surface area contributed by atoms with Gasteiger partial charge in [-0.05, 0) is 45.4 Å². The van der Waals surface area contributed by atoms with Gasteiger partial charge in [0, 0.05) is 34.3 Å². The molecule has 4 rings (SSSR count). The fourth-order valence-electron chi connectivity index (χ4n) is 4.65. The highest BCUT2D eigenvalue weighted by atomic mass is 32.1. The first-order valence-electron chi connectivity index (χ1n) is 12.2. The van der Waals surface area contributed by atoms with Crippen LogP contribution >= 0.6 is 11.3 Å². The highest BCUT2D eigenvalue weighted by Crippen LogP contribution is 2.42. The molecule has 0 fully saturated rings. The van der Waals surface area contributed by atoms with Crippen LogP contribution in [0.5, 0.6) is 0 Å². The summed E-state index contributed by atoms with van der Waals surface area (Å²) in [5.74, 6) is -2.46. The number of rotatable bonds is 8. The predicted octanol–water partition coefficient (Wildman–Crippen LogP) is 5.96. The van der Waals surface area contributed by atoms with E-state index in [0.717, 1.165) is 5.56 Å². The second-order valence-corrected chi connectivity index (χ2v) is 9.48. The third-order valence-corrected chi connectivity index (χ3v) is 7.13. The number of aromatic nitrogens is 1. The number of thiazole rings is 1. The lowest BCUT2D eigenvalue weighted by atomic mass is 9.75. The molecular formula is C28H27N3O6S. The first-order chi connectivity index (χ1) is 18.3. The second kappa shape index (κ2) is 11.5. The van der Waals surface area contributed by atoms with Crippen molar-refractivity contribution >= 4 is 34.7 Å². The average Bonchev–Trinajstić information content (AvgIpc) is 3.39. The van der Waals surface area contributed by atoms with Crippen LogP contribution < -0.4 is 0 Å². The Morgan fingerprint density at radius 2 is 1.79 bits per heavy atom. The zero-order valence-electron chi connectivity index (χ0n) is 21.5. The Kier molecular flexibility index (Phi) is 8.11. The molecule has 0 saturated carbocycles. The minimum absolute atomic E-state index is 0.0213. The first-order valence-corrected chi connectivity index (χ1v) is 13.0. The van der Waals surface area contributed by atoms with Crippen LogP contribution in [0.15, 0.2) is 70.2 Å². The largest absolute Gasteiger partial charge is 0.465 e. The van der Waals surface area contributed by atoms with Crippen LogP contribution in [0.3, 0.4) is 0 Å². The van der Waals surface area contributed by atoms with Gasteiger partial charge in [0.2, 0.25) is 0 Å². The molecule has 1 aliphatic rings. The minimum Gasteiger partial charge on any atom is -0.465 e. The number of nitro benzene ring substituents is 1. The van der Waals surface area contributed by atoms with Crippen molar-refractivity contribution < 1.29 is 24.0 Å². The third kappa shape index (κ3) is 5.26. The van der Waals surface area contributed by atoms with Gasteiger partial charge < -0.3 is 9.47 Å². The fourth-order valence-corrected chi connectivity index (χ4v) is 5.47.